The Morgan fingerprint density at radius 1 is 0.193 bits per heavy atom. The fourth-order valence-electron chi connectivity index (χ4n) is 6.77. The maximum absolute atomic E-state index is 10.5. The van der Waals surface area contributed by atoms with Crippen LogP contribution in [0.3, 0.4) is 0 Å². The average Bonchev–Trinajstić information content (AvgIpc) is 3.21. The number of unbranched alkanes of at least 4 members (excludes halogenated alkanes) is 12. The van der Waals surface area contributed by atoms with Crippen LogP contribution in [0.15, 0.2) is 0 Å². The zero-order valence-electron chi connectivity index (χ0n) is 41.4. The third kappa shape index (κ3) is 46.8. The summed E-state index contributed by atoms with van der Waals surface area (Å²) in [5, 5.41) is 0. The molecule has 0 aromatic rings. The van der Waals surface area contributed by atoms with Gasteiger partial charge in [-0.1, -0.05) is 160 Å². The van der Waals surface area contributed by atoms with Gasteiger partial charge in [-0.2, -0.15) is 0 Å². The van der Waals surface area contributed by atoms with Gasteiger partial charge in [0.15, 0.2) is 0 Å². The molecule has 0 aliphatic rings. The van der Waals surface area contributed by atoms with E-state index >= 15 is 0 Å². The van der Waals surface area contributed by atoms with Gasteiger partial charge in [-0.15, -0.1) is 0 Å². The Morgan fingerprint density at radius 2 is 0.263 bits per heavy atom. The smallest absolute Gasteiger partial charge is 0.320 e. The van der Waals surface area contributed by atoms with Crippen LogP contribution in [-0.4, -0.2) is 92.2 Å². The maximum Gasteiger partial charge on any atom is 2.00 e. The first-order chi connectivity index (χ1) is 26.7. The summed E-state index contributed by atoms with van der Waals surface area (Å²) < 4.78 is 42.1. The van der Waals surface area contributed by atoms with E-state index in [1.807, 2.05) is 0 Å². The van der Waals surface area contributed by atoms with Gasteiger partial charge in [0.05, 0.1) is 0 Å². The van der Waals surface area contributed by atoms with Crippen molar-refractivity contribution >= 4 is 28.6 Å². The Hall–Kier alpha value is 1.44. The van der Waals surface area contributed by atoms with Crippen LogP contribution in [0.5, 0.6) is 0 Å². The zero-order valence-corrected chi connectivity index (χ0v) is 46.2. The topological polar surface area (TPSA) is 85.6 Å². The fourth-order valence-corrected chi connectivity index (χ4v) is 20.3. The predicted molar refractivity (Wildman–Crippen MR) is 273 cm³/mol. The van der Waals surface area contributed by atoms with Crippen LogP contribution in [0, 0.1) is 0 Å². The molecule has 1 radical (unpaired) electrons. The second kappa shape index (κ2) is 48.5. The van der Waals surface area contributed by atoms with Gasteiger partial charge in [0.25, 0.3) is 0 Å². The molecule has 0 aliphatic heterocycles. The summed E-state index contributed by atoms with van der Waals surface area (Å²) in [5.41, 5.74) is 0. The summed E-state index contributed by atoms with van der Waals surface area (Å²) in [6.07, 6.45) is 42.7. The molecule has 9 heteroatoms. The standard InChI is InChI=1S/4C12H27OP.Mn/c4*1-4-7-10-14(13,11-8-5-2)12-9-6-3;/h4*4-12H2,1-3H3;/q;;;;+2/p+4. The molecule has 0 unspecified atom stereocenters. The van der Waals surface area contributed by atoms with E-state index in [4.69, 9.17) is 0 Å². The number of rotatable bonds is 36. The Kier molecular flexibility index (Phi) is 57.4. The fraction of sp³-hybridized carbons (Fsp3) is 1.00. The molecule has 0 rings (SSSR count). The molecule has 4 nitrogen and oxygen atoms in total. The van der Waals surface area contributed by atoms with E-state index in [2.05, 4.69) is 83.1 Å². The average molecular weight is 932 g/mol. The molecule has 0 aromatic heterocycles. The number of hydrogen-bond acceptors (Lipinski definition) is 0. The first-order valence-electron chi connectivity index (χ1n) is 25.1. The Balaban J connectivity index is -0.000000210. The molecule has 0 aromatic carbocycles. The minimum Gasteiger partial charge on any atom is -0.320 e. The summed E-state index contributed by atoms with van der Waals surface area (Å²) in [5.74, 6) is 0. The molecule has 4 N–H and O–H groups in total. The van der Waals surface area contributed by atoms with Gasteiger partial charge in [-0.25, -0.2) is 0 Å². The van der Waals surface area contributed by atoms with Crippen LogP contribution in [0.2, 0.25) is 0 Å². The molecule has 0 fully saturated rings. The van der Waals surface area contributed by atoms with Gasteiger partial charge < -0.3 is 18.3 Å². The van der Waals surface area contributed by atoms with Gasteiger partial charge in [-0.3, -0.25) is 0 Å². The molecule has 57 heavy (non-hydrogen) atoms. The van der Waals surface area contributed by atoms with Crippen molar-refractivity contribution in [2.24, 2.45) is 0 Å². The minimum atomic E-state index is -1.52. The summed E-state index contributed by atoms with van der Waals surface area (Å²) in [6, 6.07) is 0. The molecule has 0 saturated carbocycles. The van der Waals surface area contributed by atoms with Crippen LogP contribution in [-0.2, 0) is 17.1 Å². The van der Waals surface area contributed by atoms with Crippen LogP contribution in [0.4, 0.5) is 0 Å². The van der Waals surface area contributed by atoms with Crippen molar-refractivity contribution in [3.63, 3.8) is 0 Å². The second-order valence-corrected chi connectivity index (χ2v) is 31.4. The van der Waals surface area contributed by atoms with Crippen molar-refractivity contribution in [2.75, 3.05) is 73.9 Å². The van der Waals surface area contributed by atoms with Crippen molar-refractivity contribution < 1.29 is 35.3 Å². The largest absolute Gasteiger partial charge is 2.00 e. The molecular formula is C48H112MnO4P4+6. The van der Waals surface area contributed by atoms with E-state index < -0.39 is 28.6 Å². The predicted octanol–water partition coefficient (Wildman–Crippen LogP) is 18.8. The molecule has 0 heterocycles. The van der Waals surface area contributed by atoms with E-state index in [1.165, 1.54) is 154 Å². The van der Waals surface area contributed by atoms with Crippen LogP contribution >= 0.6 is 28.6 Å². The second-order valence-electron chi connectivity index (χ2n) is 17.3. The first kappa shape index (κ1) is 67.5. The van der Waals surface area contributed by atoms with E-state index in [0.29, 0.717) is 0 Å². The minimum absolute atomic E-state index is 0. The van der Waals surface area contributed by atoms with Crippen LogP contribution in [0.1, 0.15) is 237 Å². The van der Waals surface area contributed by atoms with Gasteiger partial charge in [-0.05, 0) is 77.0 Å². The molecule has 0 aliphatic carbocycles. The van der Waals surface area contributed by atoms with E-state index in [1.54, 1.807) is 0 Å². The van der Waals surface area contributed by atoms with Crippen LogP contribution in [0.25, 0.3) is 0 Å². The summed E-state index contributed by atoms with van der Waals surface area (Å²) >= 11 is 0. The monoisotopic (exact) mass is 932 g/mol. The van der Waals surface area contributed by atoms with Gasteiger partial charge in [0.2, 0.25) is 28.6 Å². The van der Waals surface area contributed by atoms with Crippen molar-refractivity contribution in [3.8, 4) is 0 Å². The Bertz CT molecular complexity index is 708. The Morgan fingerprint density at radius 3 is 0.316 bits per heavy atom. The van der Waals surface area contributed by atoms with E-state index in [0.717, 1.165) is 73.9 Å². The van der Waals surface area contributed by atoms with Crippen molar-refractivity contribution in [3.05, 3.63) is 0 Å². The van der Waals surface area contributed by atoms with Crippen molar-refractivity contribution in [2.45, 2.75) is 237 Å². The third-order valence-corrected chi connectivity index (χ3v) is 24.9. The zero-order chi connectivity index (χ0) is 43.5. The van der Waals surface area contributed by atoms with Crippen molar-refractivity contribution in [1.29, 1.82) is 0 Å². The third-order valence-electron chi connectivity index (χ3n) is 11.1. The SMILES string of the molecule is CCCCP(=[OH+])(CCCC)CCCC.CCCCP(=[OH+])(CCCC)CCCC.CCCCP(=[OH+])(CCCC)CCCC.CCCCP(=[OH+])(CCCC)CCCC.[Mn+2]. The molecule has 0 saturated heterocycles. The van der Waals surface area contributed by atoms with E-state index in [9.17, 15) is 18.3 Å². The summed E-state index contributed by atoms with van der Waals surface area (Å²) in [6.45, 7) is 26.5. The van der Waals surface area contributed by atoms with Crippen LogP contribution < -0.4 is 0 Å². The molecular weight excluding hydrogens is 819 g/mol. The molecule has 0 spiro atoms. The maximum atomic E-state index is 10.5. The van der Waals surface area contributed by atoms with Gasteiger partial charge in [0, 0.05) is 73.9 Å². The number of hydrogen-bond donors (Lipinski definition) is 0. The summed E-state index contributed by atoms with van der Waals surface area (Å²) in [7, 11) is -6.08. The van der Waals surface area contributed by atoms with Gasteiger partial charge in [0.1, 0.15) is 0 Å². The van der Waals surface area contributed by atoms with Crippen molar-refractivity contribution in [1.82, 2.24) is 0 Å². The molecule has 0 amide bonds. The Labute approximate surface area is 373 Å². The van der Waals surface area contributed by atoms with Gasteiger partial charge >= 0.3 is 17.1 Å². The quantitative estimate of drug-likeness (QED) is 0.0341. The summed E-state index contributed by atoms with van der Waals surface area (Å²) in [4.78, 5) is 0. The first-order valence-corrected chi connectivity index (χ1v) is 34.3. The molecule has 0 atom stereocenters. The molecule has 349 valence electrons. The normalized spacial score (nSPS) is 11.7. The van der Waals surface area contributed by atoms with E-state index in [-0.39, 0.29) is 17.1 Å². The molecule has 0 bridgehead atoms.